The van der Waals surface area contributed by atoms with Gasteiger partial charge in [-0.2, -0.15) is 0 Å². The van der Waals surface area contributed by atoms with E-state index in [1.165, 1.54) is 0 Å². The second-order valence-corrected chi connectivity index (χ2v) is 8.57. The molecule has 0 aliphatic carbocycles. The molecule has 6 nitrogen and oxygen atoms in total. The Morgan fingerprint density at radius 3 is 2.65 bits per heavy atom. The average molecular weight is 364 g/mol. The van der Waals surface area contributed by atoms with Gasteiger partial charge in [0.25, 0.3) is 0 Å². The molecule has 146 valence electrons. The molecule has 1 unspecified atom stereocenters. The van der Waals surface area contributed by atoms with E-state index < -0.39 is 11.0 Å². The monoisotopic (exact) mass is 364 g/mol. The van der Waals surface area contributed by atoms with Crippen LogP contribution in [0.1, 0.15) is 53.2 Å². The van der Waals surface area contributed by atoms with Gasteiger partial charge in [-0.05, 0) is 51.7 Å². The van der Waals surface area contributed by atoms with E-state index in [0.717, 1.165) is 18.6 Å². The van der Waals surface area contributed by atoms with E-state index in [2.05, 4.69) is 5.32 Å². The molecule has 0 saturated carbocycles. The lowest BCUT2D eigenvalue weighted by Crippen LogP contribution is -2.50. The third kappa shape index (κ3) is 5.51. The molecule has 1 aliphatic rings. The van der Waals surface area contributed by atoms with E-state index in [1.54, 1.807) is 11.2 Å². The number of carbonyl (C=O) groups is 2. The van der Waals surface area contributed by atoms with Crippen LogP contribution in [0.15, 0.2) is 22.8 Å². The van der Waals surface area contributed by atoms with Gasteiger partial charge >= 0.3 is 6.09 Å². The Morgan fingerprint density at radius 2 is 2.04 bits per heavy atom. The summed E-state index contributed by atoms with van der Waals surface area (Å²) in [5, 5.41) is 3.01. The molecule has 2 amide bonds. The van der Waals surface area contributed by atoms with Crippen LogP contribution in [-0.2, 0) is 16.0 Å². The van der Waals surface area contributed by atoms with Gasteiger partial charge in [-0.25, -0.2) is 4.79 Å². The SMILES string of the molecule is CC(C)(C)OC(=O)N1CCCC(C(C)(C)C(=O)NCCc2ccco2)C1. The first-order chi connectivity index (χ1) is 12.1. The smallest absolute Gasteiger partial charge is 0.410 e. The van der Waals surface area contributed by atoms with Crippen LogP contribution in [0.5, 0.6) is 0 Å². The first kappa shape index (κ1) is 20.3. The lowest BCUT2D eigenvalue weighted by molar-refractivity contribution is -0.133. The topological polar surface area (TPSA) is 71.8 Å². The molecule has 1 aromatic rings. The van der Waals surface area contributed by atoms with Crippen LogP contribution in [0.25, 0.3) is 0 Å². The van der Waals surface area contributed by atoms with Crippen LogP contribution in [0, 0.1) is 11.3 Å². The molecule has 0 bridgehead atoms. The first-order valence-electron chi connectivity index (χ1n) is 9.38. The molecule has 0 radical (unpaired) electrons. The molecule has 1 aromatic heterocycles. The summed E-state index contributed by atoms with van der Waals surface area (Å²) in [5.74, 6) is 0.976. The van der Waals surface area contributed by atoms with E-state index in [-0.39, 0.29) is 17.9 Å². The highest BCUT2D eigenvalue weighted by molar-refractivity contribution is 5.82. The van der Waals surface area contributed by atoms with E-state index in [0.29, 0.717) is 26.1 Å². The standard InChI is InChI=1S/C20H32N2O4/c1-19(2,3)26-18(24)22-12-6-8-15(14-22)20(4,5)17(23)21-11-10-16-9-7-13-25-16/h7,9,13,15H,6,8,10-12,14H2,1-5H3,(H,21,23). The van der Waals surface area contributed by atoms with Crippen molar-refractivity contribution < 1.29 is 18.7 Å². The van der Waals surface area contributed by atoms with Crippen LogP contribution in [0.3, 0.4) is 0 Å². The highest BCUT2D eigenvalue weighted by atomic mass is 16.6. The van der Waals surface area contributed by atoms with Gasteiger partial charge in [-0.3, -0.25) is 4.79 Å². The fourth-order valence-corrected chi connectivity index (χ4v) is 3.23. The van der Waals surface area contributed by atoms with Crippen LogP contribution in [-0.4, -0.2) is 42.1 Å². The highest BCUT2D eigenvalue weighted by Crippen LogP contribution is 2.34. The van der Waals surface area contributed by atoms with Gasteiger partial charge in [0, 0.05) is 31.5 Å². The normalized spacial score (nSPS) is 18.5. The Morgan fingerprint density at radius 1 is 1.31 bits per heavy atom. The Labute approximate surface area is 156 Å². The van der Waals surface area contributed by atoms with Crippen LogP contribution in [0.4, 0.5) is 4.79 Å². The van der Waals surface area contributed by atoms with Crippen molar-refractivity contribution >= 4 is 12.0 Å². The molecule has 6 heteroatoms. The quantitative estimate of drug-likeness (QED) is 0.866. The second kappa shape index (κ2) is 8.14. The third-order valence-corrected chi connectivity index (χ3v) is 4.92. The number of rotatable bonds is 5. The van der Waals surface area contributed by atoms with Gasteiger partial charge in [0.1, 0.15) is 11.4 Å². The van der Waals surface area contributed by atoms with Gasteiger partial charge in [0.2, 0.25) is 5.91 Å². The van der Waals surface area contributed by atoms with Gasteiger partial charge in [-0.1, -0.05) is 13.8 Å². The largest absolute Gasteiger partial charge is 0.469 e. The molecule has 26 heavy (non-hydrogen) atoms. The first-order valence-corrected chi connectivity index (χ1v) is 9.38. The van der Waals surface area contributed by atoms with Gasteiger partial charge in [0.15, 0.2) is 0 Å². The Bertz CT molecular complexity index is 602. The lowest BCUT2D eigenvalue weighted by atomic mass is 9.74. The molecular weight excluding hydrogens is 332 g/mol. The number of hydrogen-bond donors (Lipinski definition) is 1. The molecule has 2 rings (SSSR count). The van der Waals surface area contributed by atoms with Crippen molar-refractivity contribution in [3.63, 3.8) is 0 Å². The lowest BCUT2D eigenvalue weighted by Gasteiger charge is -2.40. The zero-order valence-corrected chi connectivity index (χ0v) is 16.6. The number of nitrogens with one attached hydrogen (secondary N) is 1. The summed E-state index contributed by atoms with van der Waals surface area (Å²) in [4.78, 5) is 26.8. The Balaban J connectivity index is 1.89. The zero-order chi connectivity index (χ0) is 19.4. The van der Waals surface area contributed by atoms with Crippen LogP contribution >= 0.6 is 0 Å². The number of hydrogen-bond acceptors (Lipinski definition) is 4. The number of ether oxygens (including phenoxy) is 1. The maximum atomic E-state index is 12.7. The van der Waals surface area contributed by atoms with Crippen molar-refractivity contribution in [3.05, 3.63) is 24.2 Å². The number of piperidine rings is 1. The fourth-order valence-electron chi connectivity index (χ4n) is 3.23. The third-order valence-electron chi connectivity index (χ3n) is 4.92. The van der Waals surface area contributed by atoms with Crippen molar-refractivity contribution in [2.45, 2.75) is 59.5 Å². The summed E-state index contributed by atoms with van der Waals surface area (Å²) in [5.41, 5.74) is -1.06. The molecule has 1 saturated heterocycles. The number of likely N-dealkylation sites (tertiary alicyclic amines) is 1. The molecule has 0 aromatic carbocycles. The maximum absolute atomic E-state index is 12.7. The summed E-state index contributed by atoms with van der Waals surface area (Å²) in [7, 11) is 0. The fraction of sp³-hybridized carbons (Fsp3) is 0.700. The summed E-state index contributed by atoms with van der Waals surface area (Å²) in [6.45, 7) is 11.3. The van der Waals surface area contributed by atoms with Crippen molar-refractivity contribution in [1.82, 2.24) is 10.2 Å². The zero-order valence-electron chi connectivity index (χ0n) is 16.6. The number of amides is 2. The molecular formula is C20H32N2O4. The van der Waals surface area contributed by atoms with E-state index in [9.17, 15) is 9.59 Å². The molecule has 0 spiro atoms. The summed E-state index contributed by atoms with van der Waals surface area (Å²) in [6, 6.07) is 3.74. The van der Waals surface area contributed by atoms with Crippen molar-refractivity contribution in [3.8, 4) is 0 Å². The van der Waals surface area contributed by atoms with E-state index >= 15 is 0 Å². The minimum atomic E-state index is -0.552. The second-order valence-electron chi connectivity index (χ2n) is 8.57. The highest BCUT2D eigenvalue weighted by Gasteiger charge is 2.40. The summed E-state index contributed by atoms with van der Waals surface area (Å²) >= 11 is 0. The Kier molecular flexibility index (Phi) is 6.37. The summed E-state index contributed by atoms with van der Waals surface area (Å²) < 4.78 is 10.8. The van der Waals surface area contributed by atoms with Gasteiger partial charge < -0.3 is 19.4 Å². The predicted octanol–water partition coefficient (Wildman–Crippen LogP) is 3.61. The number of carbonyl (C=O) groups excluding carboxylic acids is 2. The van der Waals surface area contributed by atoms with E-state index in [4.69, 9.17) is 9.15 Å². The average Bonchev–Trinajstić information content (AvgIpc) is 3.06. The molecule has 1 aliphatic heterocycles. The van der Waals surface area contributed by atoms with Crippen LogP contribution in [0.2, 0.25) is 0 Å². The van der Waals surface area contributed by atoms with Gasteiger partial charge in [0.05, 0.1) is 6.26 Å². The molecule has 2 heterocycles. The minimum Gasteiger partial charge on any atom is -0.469 e. The molecule has 1 atom stereocenters. The summed E-state index contributed by atoms with van der Waals surface area (Å²) in [6.07, 6.45) is 3.82. The number of furan rings is 1. The maximum Gasteiger partial charge on any atom is 0.410 e. The van der Waals surface area contributed by atoms with Gasteiger partial charge in [-0.15, -0.1) is 0 Å². The van der Waals surface area contributed by atoms with Crippen molar-refractivity contribution in [2.24, 2.45) is 11.3 Å². The molecule has 1 N–H and O–H groups in total. The minimum absolute atomic E-state index is 0.0140. The predicted molar refractivity (Wildman–Crippen MR) is 99.7 cm³/mol. The van der Waals surface area contributed by atoms with Crippen LogP contribution < -0.4 is 5.32 Å². The van der Waals surface area contributed by atoms with Crippen molar-refractivity contribution in [2.75, 3.05) is 19.6 Å². The van der Waals surface area contributed by atoms with E-state index in [1.807, 2.05) is 46.8 Å². The number of nitrogens with zero attached hydrogens (tertiary/aromatic N) is 1. The van der Waals surface area contributed by atoms with Crippen molar-refractivity contribution in [1.29, 1.82) is 0 Å². The Hall–Kier alpha value is -1.98. The molecule has 1 fully saturated rings.